The fourth-order valence-electron chi connectivity index (χ4n) is 1.55. The van der Waals surface area contributed by atoms with Gasteiger partial charge in [0.05, 0.1) is 11.9 Å². The summed E-state index contributed by atoms with van der Waals surface area (Å²) in [6, 6.07) is 6.50. The van der Waals surface area contributed by atoms with Crippen LogP contribution in [0.5, 0.6) is 5.75 Å². The summed E-state index contributed by atoms with van der Waals surface area (Å²) in [6.45, 7) is 5.58. The van der Waals surface area contributed by atoms with Crippen molar-refractivity contribution in [2.24, 2.45) is 0 Å². The highest BCUT2D eigenvalue weighted by Crippen LogP contribution is 2.20. The number of hydrogen-bond acceptors (Lipinski definition) is 4. The summed E-state index contributed by atoms with van der Waals surface area (Å²) in [5, 5.41) is 2.79. The lowest BCUT2D eigenvalue weighted by molar-refractivity contribution is -0.124. The Morgan fingerprint density at radius 2 is 1.76 bits per heavy atom. The fraction of sp³-hybridized carbons (Fsp3) is 0.500. The van der Waals surface area contributed by atoms with Gasteiger partial charge in [-0.2, -0.15) is 0 Å². The second-order valence-corrected chi connectivity index (χ2v) is 7.83. The second-order valence-electron chi connectivity index (χ2n) is 5.81. The molecule has 0 aliphatic heterocycles. The summed E-state index contributed by atoms with van der Waals surface area (Å²) in [7, 11) is -1.81. The lowest BCUT2D eigenvalue weighted by Gasteiger charge is -2.20. The number of benzene rings is 1. The minimum absolute atomic E-state index is 0.0848. The molecule has 1 amide bonds. The molecular weight excluding hydrogens is 292 g/mol. The van der Waals surface area contributed by atoms with Crippen molar-refractivity contribution in [3.8, 4) is 5.75 Å². The summed E-state index contributed by atoms with van der Waals surface area (Å²) in [5.41, 5.74) is 0.228. The monoisotopic (exact) mass is 314 g/mol. The van der Waals surface area contributed by atoms with Gasteiger partial charge in [0.1, 0.15) is 5.75 Å². The molecule has 0 radical (unpaired) electrons. The Labute approximate surface area is 126 Å². The van der Waals surface area contributed by atoms with E-state index in [2.05, 4.69) is 5.32 Å². The maximum absolute atomic E-state index is 11.6. The van der Waals surface area contributed by atoms with Gasteiger partial charge >= 0.3 is 0 Å². The van der Waals surface area contributed by atoms with E-state index in [1.807, 2.05) is 20.8 Å². The zero-order valence-electron chi connectivity index (χ0n) is 13.0. The Bertz CT molecular complexity index is 588. The largest absolute Gasteiger partial charge is 0.484 e. The molecule has 0 unspecified atom stereocenters. The van der Waals surface area contributed by atoms with Crippen molar-refractivity contribution in [3.05, 3.63) is 24.3 Å². The van der Waals surface area contributed by atoms with Gasteiger partial charge in [0.2, 0.25) is 10.0 Å². The van der Waals surface area contributed by atoms with Gasteiger partial charge in [-0.15, -0.1) is 0 Å². The molecule has 6 nitrogen and oxygen atoms in total. The van der Waals surface area contributed by atoms with Crippen LogP contribution in [0.25, 0.3) is 0 Å². The second kappa shape index (κ2) is 6.34. The highest BCUT2D eigenvalue weighted by Gasteiger charge is 2.14. The molecule has 0 fully saturated rings. The third-order valence-electron chi connectivity index (χ3n) is 2.58. The van der Waals surface area contributed by atoms with Gasteiger partial charge in [-0.25, -0.2) is 8.42 Å². The van der Waals surface area contributed by atoms with Crippen molar-refractivity contribution >= 4 is 21.6 Å². The average Bonchev–Trinajstić information content (AvgIpc) is 2.33. The molecular formula is C14H22N2O4S. The van der Waals surface area contributed by atoms with Crippen LogP contribution >= 0.6 is 0 Å². The highest BCUT2D eigenvalue weighted by atomic mass is 32.2. The van der Waals surface area contributed by atoms with Crippen LogP contribution in [0.2, 0.25) is 0 Å². The van der Waals surface area contributed by atoms with Crippen LogP contribution in [0.4, 0.5) is 5.69 Å². The number of ether oxygens (including phenoxy) is 1. The number of hydrogen-bond donors (Lipinski definition) is 1. The van der Waals surface area contributed by atoms with Gasteiger partial charge < -0.3 is 10.1 Å². The zero-order chi connectivity index (χ0) is 16.3. The first-order chi connectivity index (χ1) is 9.49. The normalized spacial score (nSPS) is 11.9. The summed E-state index contributed by atoms with van der Waals surface area (Å²) in [4.78, 5) is 11.6. The SMILES string of the molecule is CN(c1ccc(OCC(=O)NC(C)(C)C)cc1)S(C)(=O)=O. The molecule has 0 atom stereocenters. The zero-order valence-corrected chi connectivity index (χ0v) is 13.8. The highest BCUT2D eigenvalue weighted by molar-refractivity contribution is 7.92. The molecule has 0 heterocycles. The number of anilines is 1. The van der Waals surface area contributed by atoms with E-state index >= 15 is 0 Å². The van der Waals surface area contributed by atoms with Crippen LogP contribution in [0.1, 0.15) is 20.8 Å². The minimum atomic E-state index is -3.29. The molecule has 0 aliphatic carbocycles. The predicted molar refractivity (Wildman–Crippen MR) is 83.1 cm³/mol. The minimum Gasteiger partial charge on any atom is -0.484 e. The standard InChI is InChI=1S/C14H22N2O4S/c1-14(2,3)15-13(17)10-20-12-8-6-11(7-9-12)16(4)21(5,18)19/h6-9H,10H2,1-5H3,(H,15,17). The van der Waals surface area contributed by atoms with Crippen LogP contribution in [-0.4, -0.2) is 39.8 Å². The topological polar surface area (TPSA) is 75.7 Å². The molecule has 1 rings (SSSR count). The Balaban J connectivity index is 2.62. The smallest absolute Gasteiger partial charge is 0.258 e. The van der Waals surface area contributed by atoms with E-state index in [0.717, 1.165) is 6.26 Å². The van der Waals surface area contributed by atoms with E-state index in [1.54, 1.807) is 24.3 Å². The molecule has 1 aromatic rings. The number of nitrogens with zero attached hydrogens (tertiary/aromatic N) is 1. The first-order valence-electron chi connectivity index (χ1n) is 6.47. The van der Waals surface area contributed by atoms with Gasteiger partial charge in [0.15, 0.2) is 6.61 Å². The van der Waals surface area contributed by atoms with E-state index in [9.17, 15) is 13.2 Å². The first-order valence-corrected chi connectivity index (χ1v) is 8.32. The number of amides is 1. The Kier molecular flexibility index (Phi) is 5.22. The van der Waals surface area contributed by atoms with Crippen molar-refractivity contribution in [1.82, 2.24) is 5.32 Å². The summed E-state index contributed by atoms with van der Waals surface area (Å²) >= 11 is 0. The predicted octanol–water partition coefficient (Wildman–Crippen LogP) is 1.38. The van der Waals surface area contributed by atoms with E-state index < -0.39 is 10.0 Å². The fourth-order valence-corrected chi connectivity index (χ4v) is 2.05. The maximum Gasteiger partial charge on any atom is 0.258 e. The number of carbonyl (C=O) groups is 1. The number of rotatable bonds is 5. The summed E-state index contributed by atoms with van der Waals surface area (Å²) < 4.78 is 29.3. The van der Waals surface area contributed by atoms with Crippen LogP contribution in [0, 0.1) is 0 Å². The number of sulfonamides is 1. The molecule has 1 aromatic carbocycles. The quantitative estimate of drug-likeness (QED) is 0.891. The van der Waals surface area contributed by atoms with Crippen molar-refractivity contribution in [2.75, 3.05) is 24.2 Å². The van der Waals surface area contributed by atoms with Crippen LogP contribution in [0.15, 0.2) is 24.3 Å². The molecule has 0 saturated heterocycles. The molecule has 118 valence electrons. The van der Waals surface area contributed by atoms with E-state index in [4.69, 9.17) is 4.74 Å². The molecule has 21 heavy (non-hydrogen) atoms. The lowest BCUT2D eigenvalue weighted by atomic mass is 10.1. The molecule has 1 N–H and O–H groups in total. The Morgan fingerprint density at radius 3 is 2.19 bits per heavy atom. The third-order valence-corrected chi connectivity index (χ3v) is 3.79. The molecule has 0 spiro atoms. The van der Waals surface area contributed by atoms with Gasteiger partial charge in [0, 0.05) is 12.6 Å². The maximum atomic E-state index is 11.6. The molecule has 0 aromatic heterocycles. The van der Waals surface area contributed by atoms with Gasteiger partial charge in [-0.3, -0.25) is 9.10 Å². The van der Waals surface area contributed by atoms with Gasteiger partial charge in [0.25, 0.3) is 5.91 Å². The Morgan fingerprint density at radius 1 is 1.24 bits per heavy atom. The van der Waals surface area contributed by atoms with Crippen LogP contribution < -0.4 is 14.4 Å². The summed E-state index contributed by atoms with van der Waals surface area (Å²) in [5.74, 6) is 0.296. The van der Waals surface area contributed by atoms with Crippen molar-refractivity contribution < 1.29 is 17.9 Å². The first kappa shape index (κ1) is 17.3. The lowest BCUT2D eigenvalue weighted by Crippen LogP contribution is -2.43. The van der Waals surface area contributed by atoms with Gasteiger partial charge in [-0.1, -0.05) is 0 Å². The molecule has 0 saturated carbocycles. The van der Waals surface area contributed by atoms with E-state index in [-0.39, 0.29) is 18.1 Å². The molecule has 0 aliphatic rings. The average molecular weight is 314 g/mol. The van der Waals surface area contributed by atoms with Crippen molar-refractivity contribution in [3.63, 3.8) is 0 Å². The van der Waals surface area contributed by atoms with Crippen molar-refractivity contribution in [2.45, 2.75) is 26.3 Å². The van der Waals surface area contributed by atoms with Crippen LogP contribution in [0.3, 0.4) is 0 Å². The number of nitrogens with one attached hydrogen (secondary N) is 1. The molecule has 0 bridgehead atoms. The van der Waals surface area contributed by atoms with E-state index in [0.29, 0.717) is 11.4 Å². The van der Waals surface area contributed by atoms with E-state index in [1.165, 1.54) is 11.4 Å². The Hall–Kier alpha value is -1.76. The molecule has 7 heteroatoms. The third kappa shape index (κ3) is 6.03. The van der Waals surface area contributed by atoms with Crippen LogP contribution in [-0.2, 0) is 14.8 Å². The number of carbonyl (C=O) groups excluding carboxylic acids is 1. The van der Waals surface area contributed by atoms with Crippen molar-refractivity contribution in [1.29, 1.82) is 0 Å². The summed E-state index contributed by atoms with van der Waals surface area (Å²) in [6.07, 6.45) is 1.13. The van der Waals surface area contributed by atoms with Gasteiger partial charge in [-0.05, 0) is 45.0 Å².